The molecule has 4 heteroatoms. The first-order valence-electron chi connectivity index (χ1n) is 8.70. The second-order valence-corrected chi connectivity index (χ2v) is 13.9. The minimum Gasteiger partial charge on any atom is -0.413 e. The molecule has 0 aliphatic heterocycles. The number of aromatic nitrogens is 2. The molecule has 0 saturated carbocycles. The summed E-state index contributed by atoms with van der Waals surface area (Å²) >= 11 is 0. The van der Waals surface area contributed by atoms with E-state index >= 15 is 0 Å². The van der Waals surface area contributed by atoms with Crippen LogP contribution >= 0.6 is 0 Å². The van der Waals surface area contributed by atoms with E-state index in [0.717, 1.165) is 11.4 Å². The Labute approximate surface area is 148 Å². The molecule has 0 aliphatic rings. The van der Waals surface area contributed by atoms with E-state index in [0.29, 0.717) is 6.61 Å². The Morgan fingerprint density at radius 1 is 0.958 bits per heavy atom. The smallest absolute Gasteiger partial charge is 0.192 e. The summed E-state index contributed by atoms with van der Waals surface area (Å²) in [5.74, 6) is 0. The fraction of sp³-hybridized carbons (Fsp3) is 0.550. The monoisotopic (exact) mass is 344 g/mol. The highest BCUT2D eigenvalue weighted by Gasteiger charge is 2.36. The van der Waals surface area contributed by atoms with Gasteiger partial charge in [-0.2, -0.15) is 5.10 Å². The molecule has 1 aromatic heterocycles. The molecule has 0 bridgehead atoms. The third-order valence-corrected chi connectivity index (χ3v) is 9.44. The van der Waals surface area contributed by atoms with Gasteiger partial charge in [-0.15, -0.1) is 0 Å². The second kappa shape index (κ2) is 6.49. The van der Waals surface area contributed by atoms with Gasteiger partial charge < -0.3 is 4.43 Å². The topological polar surface area (TPSA) is 27.1 Å². The molecule has 3 nitrogen and oxygen atoms in total. The van der Waals surface area contributed by atoms with E-state index in [1.807, 2.05) is 10.9 Å². The molecule has 0 N–H and O–H groups in total. The van der Waals surface area contributed by atoms with Gasteiger partial charge in [0.15, 0.2) is 8.32 Å². The van der Waals surface area contributed by atoms with E-state index < -0.39 is 8.32 Å². The second-order valence-electron chi connectivity index (χ2n) is 9.11. The van der Waals surface area contributed by atoms with Crippen LogP contribution < -0.4 is 0 Å². The van der Waals surface area contributed by atoms with Crippen LogP contribution in [0.15, 0.2) is 36.5 Å². The maximum absolute atomic E-state index is 6.29. The summed E-state index contributed by atoms with van der Waals surface area (Å²) in [6, 6.07) is 10.6. The number of hydrogen-bond donors (Lipinski definition) is 0. The van der Waals surface area contributed by atoms with Crippen molar-refractivity contribution >= 4 is 8.32 Å². The lowest BCUT2D eigenvalue weighted by molar-refractivity contribution is 0.276. The molecule has 0 saturated heterocycles. The Morgan fingerprint density at radius 2 is 1.54 bits per heavy atom. The lowest BCUT2D eigenvalue weighted by Crippen LogP contribution is -2.40. The minimum atomic E-state index is -1.70. The van der Waals surface area contributed by atoms with Crippen LogP contribution in [0.2, 0.25) is 18.1 Å². The van der Waals surface area contributed by atoms with Gasteiger partial charge in [-0.05, 0) is 41.9 Å². The van der Waals surface area contributed by atoms with Crippen LogP contribution in [0, 0.1) is 0 Å². The van der Waals surface area contributed by atoms with E-state index in [9.17, 15) is 0 Å². The number of hydrogen-bond acceptors (Lipinski definition) is 2. The van der Waals surface area contributed by atoms with Crippen LogP contribution in [0.4, 0.5) is 0 Å². The van der Waals surface area contributed by atoms with Gasteiger partial charge in [-0.1, -0.05) is 53.7 Å². The van der Waals surface area contributed by atoms with Gasteiger partial charge in [0.2, 0.25) is 0 Å². The van der Waals surface area contributed by atoms with Gasteiger partial charge in [0.25, 0.3) is 0 Å². The van der Waals surface area contributed by atoms with Gasteiger partial charge in [-0.25, -0.2) is 4.68 Å². The summed E-state index contributed by atoms with van der Waals surface area (Å²) in [5.41, 5.74) is 3.48. The van der Waals surface area contributed by atoms with Crippen LogP contribution in [0.3, 0.4) is 0 Å². The molecule has 0 unspecified atom stereocenters. The highest BCUT2D eigenvalue weighted by molar-refractivity contribution is 6.74. The molecule has 0 spiro atoms. The number of benzene rings is 1. The fourth-order valence-corrected chi connectivity index (χ4v) is 3.05. The number of rotatable bonds is 4. The molecule has 132 valence electrons. The van der Waals surface area contributed by atoms with E-state index in [1.54, 1.807) is 0 Å². The molecule has 0 atom stereocenters. The summed E-state index contributed by atoms with van der Waals surface area (Å²) in [6.07, 6.45) is 2.03. The summed E-state index contributed by atoms with van der Waals surface area (Å²) < 4.78 is 8.23. The maximum Gasteiger partial charge on any atom is 0.192 e. The quantitative estimate of drug-likeness (QED) is 0.666. The minimum absolute atomic E-state index is 0.0716. The Morgan fingerprint density at radius 3 is 2.00 bits per heavy atom. The van der Waals surface area contributed by atoms with Gasteiger partial charge >= 0.3 is 0 Å². The zero-order chi connectivity index (χ0) is 18.2. The molecule has 1 heterocycles. The predicted molar refractivity (Wildman–Crippen MR) is 104 cm³/mol. The molecule has 0 fully saturated rings. The van der Waals surface area contributed by atoms with Crippen LogP contribution in [0.5, 0.6) is 0 Å². The molecule has 2 aromatic rings. The van der Waals surface area contributed by atoms with Crippen LogP contribution in [-0.4, -0.2) is 18.1 Å². The Hall–Kier alpha value is -1.39. The van der Waals surface area contributed by atoms with Crippen molar-refractivity contribution in [1.82, 2.24) is 9.78 Å². The van der Waals surface area contributed by atoms with E-state index in [-0.39, 0.29) is 10.5 Å². The first kappa shape index (κ1) is 18.9. The molecular formula is C20H32N2OSi. The molecule has 0 radical (unpaired) electrons. The van der Waals surface area contributed by atoms with Crippen molar-refractivity contribution in [2.24, 2.45) is 0 Å². The first-order valence-corrected chi connectivity index (χ1v) is 11.6. The van der Waals surface area contributed by atoms with Crippen LogP contribution in [0.1, 0.15) is 52.8 Å². The van der Waals surface area contributed by atoms with Crippen molar-refractivity contribution in [3.63, 3.8) is 0 Å². The van der Waals surface area contributed by atoms with E-state index in [2.05, 4.69) is 85.0 Å². The Balaban J connectivity index is 2.07. The zero-order valence-electron chi connectivity index (χ0n) is 16.5. The summed E-state index contributed by atoms with van der Waals surface area (Å²) in [5, 5.41) is 4.93. The first-order chi connectivity index (χ1) is 10.9. The van der Waals surface area contributed by atoms with Gasteiger partial charge in [0, 0.05) is 11.6 Å². The van der Waals surface area contributed by atoms with Gasteiger partial charge in [0.1, 0.15) is 0 Å². The summed E-state index contributed by atoms with van der Waals surface area (Å²) in [7, 11) is -1.70. The predicted octanol–water partition coefficient (Wildman–Crippen LogP) is 5.69. The average Bonchev–Trinajstić information content (AvgIpc) is 2.94. The molecular weight excluding hydrogens is 312 g/mol. The Bertz CT molecular complexity index is 673. The molecule has 0 aliphatic carbocycles. The average molecular weight is 345 g/mol. The fourth-order valence-electron chi connectivity index (χ4n) is 2.09. The molecule has 24 heavy (non-hydrogen) atoms. The van der Waals surface area contributed by atoms with Crippen LogP contribution in [0.25, 0.3) is 5.69 Å². The van der Waals surface area contributed by atoms with Crippen molar-refractivity contribution in [1.29, 1.82) is 0 Å². The lowest BCUT2D eigenvalue weighted by atomic mass is 9.93. The van der Waals surface area contributed by atoms with Gasteiger partial charge in [-0.3, -0.25) is 0 Å². The van der Waals surface area contributed by atoms with Gasteiger partial charge in [0.05, 0.1) is 18.0 Å². The van der Waals surface area contributed by atoms with E-state index in [4.69, 9.17) is 9.52 Å². The maximum atomic E-state index is 6.29. The Kier molecular flexibility index (Phi) is 5.12. The normalized spacial score (nSPS) is 13.3. The van der Waals surface area contributed by atoms with Crippen molar-refractivity contribution in [3.05, 3.63) is 47.8 Å². The standard InChI is InChI=1S/C20H32N2OSi/c1-19(2,3)18-13-14-22(21-18)17-11-9-16(10-12-17)15-23-24(7,8)20(4,5)6/h9-14H,15H2,1-8H3. The van der Waals surface area contributed by atoms with Crippen LogP contribution in [-0.2, 0) is 16.4 Å². The SMILES string of the molecule is CC(C)(C)c1ccn(-c2ccc(CO[Si](C)(C)C(C)(C)C)cc2)n1. The van der Waals surface area contributed by atoms with Crippen molar-refractivity contribution in [2.75, 3.05) is 0 Å². The van der Waals surface area contributed by atoms with Crippen molar-refractivity contribution in [3.8, 4) is 5.69 Å². The summed E-state index contributed by atoms with van der Waals surface area (Å²) in [6.45, 7) is 18.6. The lowest BCUT2D eigenvalue weighted by Gasteiger charge is -2.36. The third kappa shape index (κ3) is 4.36. The molecule has 1 aromatic carbocycles. The van der Waals surface area contributed by atoms with Crippen molar-refractivity contribution in [2.45, 2.75) is 71.7 Å². The highest BCUT2D eigenvalue weighted by Crippen LogP contribution is 2.37. The zero-order valence-corrected chi connectivity index (χ0v) is 17.5. The van der Waals surface area contributed by atoms with Crippen molar-refractivity contribution < 1.29 is 4.43 Å². The third-order valence-electron chi connectivity index (χ3n) is 4.96. The number of nitrogens with zero attached hydrogens (tertiary/aromatic N) is 2. The van der Waals surface area contributed by atoms with E-state index in [1.165, 1.54) is 5.56 Å². The molecule has 0 amide bonds. The highest BCUT2D eigenvalue weighted by atomic mass is 28.4. The summed E-state index contributed by atoms with van der Waals surface area (Å²) in [4.78, 5) is 0. The molecule has 2 rings (SSSR count). The largest absolute Gasteiger partial charge is 0.413 e.